The number of nitrogens with zero attached hydrogens (tertiary/aromatic N) is 4. The van der Waals surface area contributed by atoms with Crippen LogP contribution in [-0.2, 0) is 0 Å². The number of para-hydroxylation sites is 1. The molecule has 0 aliphatic carbocycles. The predicted octanol–water partition coefficient (Wildman–Crippen LogP) is 6.75. The molecule has 0 radical (unpaired) electrons. The summed E-state index contributed by atoms with van der Waals surface area (Å²) in [6, 6.07) is 18.7. The van der Waals surface area contributed by atoms with Gasteiger partial charge in [0.05, 0.1) is 24.1 Å². The second-order valence-corrected chi connectivity index (χ2v) is 12.6. The molecule has 236 valence electrons. The fourth-order valence-electron chi connectivity index (χ4n) is 6.99. The first-order valence-corrected chi connectivity index (χ1v) is 16.2. The number of hydrogen-bond donors (Lipinski definition) is 3. The smallest absolute Gasteiger partial charge is 0.252 e. The SMILES string of the molecule is Cc1cc(C(=O)N[C@@H](c2cc3ccccc3[nH]2)c2cc(F)ccc2O)cc(-c2ncc(N3CCC(N4CCCCC4)CC3)cn2)c1. The first-order chi connectivity index (χ1) is 22.4. The van der Waals surface area contributed by atoms with Crippen LogP contribution in [0.3, 0.4) is 0 Å². The number of aromatic nitrogens is 3. The second-order valence-electron chi connectivity index (χ2n) is 12.6. The number of carbonyl (C=O) groups excluding carboxylic acids is 1. The summed E-state index contributed by atoms with van der Waals surface area (Å²) in [5, 5.41) is 14.7. The van der Waals surface area contributed by atoms with Crippen molar-refractivity contribution >= 4 is 22.5 Å². The van der Waals surface area contributed by atoms with E-state index in [4.69, 9.17) is 9.97 Å². The molecule has 0 unspecified atom stereocenters. The van der Waals surface area contributed by atoms with Gasteiger partial charge < -0.3 is 25.2 Å². The number of aromatic amines is 1. The van der Waals surface area contributed by atoms with Crippen LogP contribution in [0, 0.1) is 12.7 Å². The lowest BCUT2D eigenvalue weighted by molar-refractivity contribution is 0.0942. The van der Waals surface area contributed by atoms with E-state index in [1.807, 2.05) is 55.7 Å². The molecule has 0 bridgehead atoms. The van der Waals surface area contributed by atoms with Crippen LogP contribution in [0.2, 0.25) is 0 Å². The zero-order valence-electron chi connectivity index (χ0n) is 26.0. The van der Waals surface area contributed by atoms with E-state index in [9.17, 15) is 14.3 Å². The Kier molecular flexibility index (Phi) is 8.41. The molecule has 0 spiro atoms. The number of likely N-dealkylation sites (tertiary alicyclic amines) is 1. The monoisotopic (exact) mass is 618 g/mol. The van der Waals surface area contributed by atoms with Crippen LogP contribution in [0.4, 0.5) is 10.1 Å². The number of H-pyrrole nitrogens is 1. The fourth-order valence-corrected chi connectivity index (χ4v) is 6.99. The van der Waals surface area contributed by atoms with Crippen LogP contribution in [0.1, 0.15) is 65.3 Å². The average molecular weight is 619 g/mol. The van der Waals surface area contributed by atoms with Crippen LogP contribution in [0.5, 0.6) is 5.75 Å². The molecule has 3 N–H and O–H groups in total. The molecule has 4 heterocycles. The first-order valence-electron chi connectivity index (χ1n) is 16.2. The van der Waals surface area contributed by atoms with Crippen LogP contribution < -0.4 is 10.2 Å². The predicted molar refractivity (Wildman–Crippen MR) is 179 cm³/mol. The zero-order chi connectivity index (χ0) is 31.6. The van der Waals surface area contributed by atoms with Crippen molar-refractivity contribution in [3.63, 3.8) is 0 Å². The minimum atomic E-state index is -0.825. The summed E-state index contributed by atoms with van der Waals surface area (Å²) in [7, 11) is 0. The molecule has 2 aromatic heterocycles. The van der Waals surface area contributed by atoms with Crippen molar-refractivity contribution < 1.29 is 14.3 Å². The molecule has 7 rings (SSSR count). The number of aromatic hydroxyl groups is 1. The van der Waals surface area contributed by atoms with E-state index in [-0.39, 0.29) is 17.2 Å². The number of aryl methyl sites for hydroxylation is 1. The molecule has 2 saturated heterocycles. The Balaban J connectivity index is 1.10. The fraction of sp³-hybridized carbons (Fsp3) is 0.324. The van der Waals surface area contributed by atoms with Crippen molar-refractivity contribution in [3.8, 4) is 17.1 Å². The molecule has 1 amide bonds. The number of carbonyl (C=O) groups is 1. The van der Waals surface area contributed by atoms with Gasteiger partial charge in [0, 0.05) is 47.0 Å². The lowest BCUT2D eigenvalue weighted by Crippen LogP contribution is -2.46. The summed E-state index contributed by atoms with van der Waals surface area (Å²) < 4.78 is 14.4. The Morgan fingerprint density at radius 3 is 2.48 bits per heavy atom. The Morgan fingerprint density at radius 2 is 1.72 bits per heavy atom. The van der Waals surface area contributed by atoms with Crippen molar-refractivity contribution in [2.75, 3.05) is 31.1 Å². The number of amides is 1. The molecule has 0 saturated carbocycles. The molecule has 8 nitrogen and oxygen atoms in total. The number of hydrogen-bond acceptors (Lipinski definition) is 6. The summed E-state index contributed by atoms with van der Waals surface area (Å²) in [6.45, 7) is 6.38. The van der Waals surface area contributed by atoms with Crippen LogP contribution >= 0.6 is 0 Å². The standard InChI is InChI=1S/C37H39FN6O2/c1-24-17-26(36-39-22-30(23-40-36)44-15-11-29(12-16-44)43-13-5-2-6-14-43)19-27(18-24)37(46)42-35(31-21-28(38)9-10-34(31)45)33-20-25-7-3-4-8-32(25)41-33/h3-4,7-10,17-23,29,35,41,45H,2,5-6,11-16H2,1H3,(H,42,46)/t35-/m1/s1. The minimum absolute atomic E-state index is 0.112. The number of phenols is 1. The molecule has 3 aromatic carbocycles. The summed E-state index contributed by atoms with van der Waals surface area (Å²) in [4.78, 5) is 31.6. The van der Waals surface area contributed by atoms with Gasteiger partial charge in [-0.25, -0.2) is 14.4 Å². The number of piperidine rings is 2. The van der Waals surface area contributed by atoms with E-state index in [1.165, 1.54) is 50.6 Å². The van der Waals surface area contributed by atoms with E-state index in [1.54, 1.807) is 12.1 Å². The molecule has 1 atom stereocenters. The van der Waals surface area contributed by atoms with E-state index in [0.29, 0.717) is 23.1 Å². The highest BCUT2D eigenvalue weighted by atomic mass is 19.1. The largest absolute Gasteiger partial charge is 0.508 e. The lowest BCUT2D eigenvalue weighted by atomic mass is 9.99. The van der Waals surface area contributed by atoms with Gasteiger partial charge in [-0.3, -0.25) is 4.79 Å². The molecule has 9 heteroatoms. The highest BCUT2D eigenvalue weighted by Crippen LogP contribution is 2.32. The summed E-state index contributed by atoms with van der Waals surface area (Å²) >= 11 is 0. The molecule has 46 heavy (non-hydrogen) atoms. The van der Waals surface area contributed by atoms with Gasteiger partial charge in [-0.2, -0.15) is 0 Å². The number of phenolic OH excluding ortho intramolecular Hbond substituents is 1. The van der Waals surface area contributed by atoms with Crippen molar-refractivity contribution in [2.24, 2.45) is 0 Å². The van der Waals surface area contributed by atoms with Crippen LogP contribution in [0.15, 0.2) is 79.1 Å². The van der Waals surface area contributed by atoms with Crippen molar-refractivity contribution in [1.29, 1.82) is 0 Å². The zero-order valence-corrected chi connectivity index (χ0v) is 26.0. The lowest BCUT2D eigenvalue weighted by Gasteiger charge is -2.40. The molecule has 2 aliphatic heterocycles. The average Bonchev–Trinajstić information content (AvgIpc) is 3.53. The number of anilines is 1. The van der Waals surface area contributed by atoms with E-state index in [2.05, 4.69) is 20.1 Å². The van der Waals surface area contributed by atoms with Crippen molar-refractivity contribution in [3.05, 3.63) is 107 Å². The van der Waals surface area contributed by atoms with Gasteiger partial charge in [-0.15, -0.1) is 0 Å². The highest BCUT2D eigenvalue weighted by molar-refractivity contribution is 5.96. The molecule has 2 aliphatic rings. The Morgan fingerprint density at radius 1 is 0.957 bits per heavy atom. The number of rotatable bonds is 7. The third-order valence-corrected chi connectivity index (χ3v) is 9.41. The van der Waals surface area contributed by atoms with Crippen molar-refractivity contribution in [2.45, 2.75) is 51.1 Å². The van der Waals surface area contributed by atoms with Gasteiger partial charge in [-0.1, -0.05) is 24.6 Å². The maximum atomic E-state index is 14.4. The Hall–Kier alpha value is -4.76. The number of fused-ring (bicyclic) bond motifs is 1. The number of nitrogens with one attached hydrogen (secondary N) is 2. The van der Waals surface area contributed by atoms with Gasteiger partial charge in [-0.05, 0) is 105 Å². The summed E-state index contributed by atoms with van der Waals surface area (Å²) in [5.41, 5.74) is 4.80. The third-order valence-electron chi connectivity index (χ3n) is 9.41. The van der Waals surface area contributed by atoms with Gasteiger partial charge >= 0.3 is 0 Å². The van der Waals surface area contributed by atoms with E-state index >= 15 is 0 Å². The molecular formula is C37H39FN6O2. The quantitative estimate of drug-likeness (QED) is 0.187. The molecular weight excluding hydrogens is 579 g/mol. The topological polar surface area (TPSA) is 97.4 Å². The Bertz CT molecular complexity index is 1810. The second kappa shape index (κ2) is 12.9. The maximum Gasteiger partial charge on any atom is 0.252 e. The van der Waals surface area contributed by atoms with Gasteiger partial charge in [0.15, 0.2) is 5.82 Å². The Labute approximate surface area is 268 Å². The van der Waals surface area contributed by atoms with Crippen LogP contribution in [0.25, 0.3) is 22.3 Å². The summed E-state index contributed by atoms with van der Waals surface area (Å²) in [6.07, 6.45) is 10.1. The van der Waals surface area contributed by atoms with E-state index < -0.39 is 11.9 Å². The number of halogens is 1. The minimum Gasteiger partial charge on any atom is -0.508 e. The van der Waals surface area contributed by atoms with E-state index in [0.717, 1.165) is 53.6 Å². The van der Waals surface area contributed by atoms with Gasteiger partial charge in [0.1, 0.15) is 11.6 Å². The van der Waals surface area contributed by atoms with Crippen molar-refractivity contribution in [1.82, 2.24) is 25.2 Å². The number of benzene rings is 3. The van der Waals surface area contributed by atoms with Crippen LogP contribution in [-0.4, -0.2) is 63.1 Å². The van der Waals surface area contributed by atoms with Gasteiger partial charge in [0.2, 0.25) is 0 Å². The molecule has 5 aromatic rings. The third kappa shape index (κ3) is 6.33. The molecule has 2 fully saturated rings. The highest BCUT2D eigenvalue weighted by Gasteiger charge is 2.27. The summed E-state index contributed by atoms with van der Waals surface area (Å²) in [5.74, 6) is -0.447. The maximum absolute atomic E-state index is 14.4. The van der Waals surface area contributed by atoms with Gasteiger partial charge in [0.25, 0.3) is 5.91 Å². The first kappa shape index (κ1) is 29.9. The normalized spacial score (nSPS) is 16.9.